The summed E-state index contributed by atoms with van der Waals surface area (Å²) in [4.78, 5) is 33.8. The standard InChI is InChI=1S/C12H22N2O5/c1-12(2,3)9(13)10(16)14-7(11(17)18)5-6-8(15)19-4/h7,9H,5-6,13H2,1-4H3,(H,14,16)(H,17,18)/t7-,9+/m0/s1. The molecular weight excluding hydrogens is 252 g/mol. The van der Waals surface area contributed by atoms with Crippen LogP contribution in [-0.2, 0) is 19.1 Å². The predicted molar refractivity (Wildman–Crippen MR) is 68.2 cm³/mol. The SMILES string of the molecule is COC(=O)CC[C@H](NC(=O)[C@@H](N)C(C)(C)C)C(=O)O. The first-order chi connectivity index (χ1) is 8.59. The highest BCUT2D eigenvalue weighted by Crippen LogP contribution is 2.17. The zero-order valence-corrected chi connectivity index (χ0v) is 11.7. The van der Waals surface area contributed by atoms with Crippen LogP contribution in [0.1, 0.15) is 33.6 Å². The van der Waals surface area contributed by atoms with Crippen molar-refractivity contribution in [2.45, 2.75) is 45.7 Å². The van der Waals surface area contributed by atoms with Gasteiger partial charge in [0, 0.05) is 6.42 Å². The van der Waals surface area contributed by atoms with E-state index in [4.69, 9.17) is 10.8 Å². The van der Waals surface area contributed by atoms with Crippen molar-refractivity contribution in [3.05, 3.63) is 0 Å². The average Bonchev–Trinajstić information content (AvgIpc) is 2.30. The Kier molecular flexibility index (Phi) is 6.47. The first-order valence-corrected chi connectivity index (χ1v) is 5.95. The first-order valence-electron chi connectivity index (χ1n) is 5.95. The lowest BCUT2D eigenvalue weighted by atomic mass is 9.87. The van der Waals surface area contributed by atoms with Crippen molar-refractivity contribution < 1.29 is 24.2 Å². The summed E-state index contributed by atoms with van der Waals surface area (Å²) in [5, 5.41) is 11.3. The highest BCUT2D eigenvalue weighted by atomic mass is 16.5. The van der Waals surface area contributed by atoms with Crippen LogP contribution < -0.4 is 11.1 Å². The molecule has 0 rings (SSSR count). The molecule has 0 saturated carbocycles. The van der Waals surface area contributed by atoms with Crippen molar-refractivity contribution in [1.82, 2.24) is 5.32 Å². The van der Waals surface area contributed by atoms with Gasteiger partial charge in [0.2, 0.25) is 5.91 Å². The van der Waals surface area contributed by atoms with E-state index in [0.717, 1.165) is 0 Å². The van der Waals surface area contributed by atoms with E-state index >= 15 is 0 Å². The lowest BCUT2D eigenvalue weighted by molar-refractivity contribution is -0.144. The van der Waals surface area contributed by atoms with Gasteiger partial charge in [-0.1, -0.05) is 20.8 Å². The van der Waals surface area contributed by atoms with Gasteiger partial charge in [0.15, 0.2) is 0 Å². The van der Waals surface area contributed by atoms with Gasteiger partial charge < -0.3 is 20.9 Å². The van der Waals surface area contributed by atoms with E-state index in [9.17, 15) is 14.4 Å². The van der Waals surface area contributed by atoms with Crippen molar-refractivity contribution in [1.29, 1.82) is 0 Å². The van der Waals surface area contributed by atoms with E-state index in [1.807, 2.05) is 0 Å². The number of rotatable bonds is 6. The van der Waals surface area contributed by atoms with Crippen molar-refractivity contribution >= 4 is 17.8 Å². The fraction of sp³-hybridized carbons (Fsp3) is 0.750. The number of nitrogens with two attached hydrogens (primary N) is 1. The molecule has 0 unspecified atom stereocenters. The molecule has 0 spiro atoms. The fourth-order valence-corrected chi connectivity index (χ4v) is 1.28. The quantitative estimate of drug-likeness (QED) is 0.581. The summed E-state index contributed by atoms with van der Waals surface area (Å²) in [6, 6.07) is -1.98. The molecule has 2 atom stereocenters. The summed E-state index contributed by atoms with van der Waals surface area (Å²) in [6.45, 7) is 5.34. The van der Waals surface area contributed by atoms with E-state index in [1.54, 1.807) is 20.8 Å². The summed E-state index contributed by atoms with van der Waals surface area (Å²) >= 11 is 0. The average molecular weight is 274 g/mol. The summed E-state index contributed by atoms with van der Waals surface area (Å²) in [6.07, 6.45) is -0.122. The minimum absolute atomic E-state index is 0.0371. The van der Waals surface area contributed by atoms with Crippen molar-refractivity contribution in [2.24, 2.45) is 11.1 Å². The van der Waals surface area contributed by atoms with Crippen LogP contribution in [0.4, 0.5) is 0 Å². The van der Waals surface area contributed by atoms with Gasteiger partial charge in [-0.25, -0.2) is 4.79 Å². The Morgan fingerprint density at radius 1 is 1.32 bits per heavy atom. The number of hydrogen-bond donors (Lipinski definition) is 3. The highest BCUT2D eigenvalue weighted by molar-refractivity contribution is 5.87. The van der Waals surface area contributed by atoms with Gasteiger partial charge in [-0.2, -0.15) is 0 Å². The molecule has 0 aromatic carbocycles. The molecular formula is C12H22N2O5. The predicted octanol–water partition coefficient (Wildman–Crippen LogP) is -0.118. The summed E-state index contributed by atoms with van der Waals surface area (Å²) < 4.78 is 4.42. The number of aliphatic carboxylic acids is 1. The van der Waals surface area contributed by atoms with Crippen molar-refractivity contribution in [2.75, 3.05) is 7.11 Å². The van der Waals surface area contributed by atoms with E-state index in [-0.39, 0.29) is 12.8 Å². The third-order valence-electron chi connectivity index (χ3n) is 2.69. The van der Waals surface area contributed by atoms with Crippen LogP contribution in [0.2, 0.25) is 0 Å². The maximum atomic E-state index is 11.8. The van der Waals surface area contributed by atoms with Gasteiger partial charge >= 0.3 is 11.9 Å². The Balaban J connectivity index is 4.55. The van der Waals surface area contributed by atoms with Crippen LogP contribution >= 0.6 is 0 Å². The van der Waals surface area contributed by atoms with Crippen LogP contribution in [0.3, 0.4) is 0 Å². The van der Waals surface area contributed by atoms with Crippen molar-refractivity contribution in [3.63, 3.8) is 0 Å². The topological polar surface area (TPSA) is 119 Å². The molecule has 0 aliphatic heterocycles. The highest BCUT2D eigenvalue weighted by Gasteiger charge is 2.30. The maximum Gasteiger partial charge on any atom is 0.326 e. The molecule has 0 fully saturated rings. The molecule has 0 bridgehead atoms. The number of methoxy groups -OCH3 is 1. The van der Waals surface area contributed by atoms with Crippen LogP contribution in [-0.4, -0.2) is 42.1 Å². The number of esters is 1. The zero-order valence-electron chi connectivity index (χ0n) is 11.7. The second-order valence-corrected chi connectivity index (χ2v) is 5.36. The van der Waals surface area contributed by atoms with E-state index in [0.29, 0.717) is 0 Å². The third-order valence-corrected chi connectivity index (χ3v) is 2.69. The first kappa shape index (κ1) is 17.4. The van der Waals surface area contributed by atoms with Gasteiger partial charge in [-0.15, -0.1) is 0 Å². The van der Waals surface area contributed by atoms with E-state index in [1.165, 1.54) is 7.11 Å². The number of ether oxygens (including phenoxy) is 1. The van der Waals surface area contributed by atoms with E-state index in [2.05, 4.69) is 10.1 Å². The van der Waals surface area contributed by atoms with Gasteiger partial charge in [-0.05, 0) is 11.8 Å². The number of carboxylic acid groups (broad SMARTS) is 1. The Morgan fingerprint density at radius 3 is 2.21 bits per heavy atom. The Bertz CT molecular complexity index is 349. The Hall–Kier alpha value is -1.63. The number of carbonyl (C=O) groups excluding carboxylic acids is 2. The molecule has 0 aromatic heterocycles. The van der Waals surface area contributed by atoms with Crippen LogP contribution in [0.25, 0.3) is 0 Å². The molecule has 0 heterocycles. The molecule has 4 N–H and O–H groups in total. The molecule has 1 amide bonds. The number of hydrogen-bond acceptors (Lipinski definition) is 5. The maximum absolute atomic E-state index is 11.8. The molecule has 0 aliphatic rings. The number of carbonyl (C=O) groups is 3. The Labute approximate surface area is 112 Å². The molecule has 7 nitrogen and oxygen atoms in total. The molecule has 0 aliphatic carbocycles. The second-order valence-electron chi connectivity index (χ2n) is 5.36. The number of nitrogens with one attached hydrogen (secondary N) is 1. The fourth-order valence-electron chi connectivity index (χ4n) is 1.28. The van der Waals surface area contributed by atoms with Crippen LogP contribution in [0, 0.1) is 5.41 Å². The zero-order chi connectivity index (χ0) is 15.2. The largest absolute Gasteiger partial charge is 0.480 e. The Morgan fingerprint density at radius 2 is 1.84 bits per heavy atom. The summed E-state index contributed by atoms with van der Waals surface area (Å²) in [5.41, 5.74) is 5.25. The molecule has 7 heteroatoms. The molecule has 0 saturated heterocycles. The number of amides is 1. The van der Waals surface area contributed by atoms with Crippen LogP contribution in [0.5, 0.6) is 0 Å². The molecule has 0 radical (unpaired) electrons. The van der Waals surface area contributed by atoms with Gasteiger partial charge in [0.05, 0.1) is 13.2 Å². The third kappa shape index (κ3) is 6.19. The second kappa shape index (κ2) is 7.08. The normalized spacial score (nSPS) is 14.4. The van der Waals surface area contributed by atoms with Crippen LogP contribution in [0.15, 0.2) is 0 Å². The van der Waals surface area contributed by atoms with Crippen molar-refractivity contribution in [3.8, 4) is 0 Å². The van der Waals surface area contributed by atoms with Gasteiger partial charge in [-0.3, -0.25) is 9.59 Å². The minimum Gasteiger partial charge on any atom is -0.480 e. The molecule has 19 heavy (non-hydrogen) atoms. The summed E-state index contributed by atoms with van der Waals surface area (Å²) in [7, 11) is 1.21. The smallest absolute Gasteiger partial charge is 0.326 e. The lowest BCUT2D eigenvalue weighted by Crippen LogP contribution is -2.53. The van der Waals surface area contributed by atoms with E-state index < -0.39 is 35.3 Å². The monoisotopic (exact) mass is 274 g/mol. The lowest BCUT2D eigenvalue weighted by Gasteiger charge is -2.27. The molecule has 110 valence electrons. The minimum atomic E-state index is -1.21. The molecule has 0 aromatic rings. The van der Waals surface area contributed by atoms with Gasteiger partial charge in [0.1, 0.15) is 6.04 Å². The summed E-state index contributed by atoms with van der Waals surface area (Å²) in [5.74, 6) is -2.29. The van der Waals surface area contributed by atoms with Gasteiger partial charge in [0.25, 0.3) is 0 Å². The number of carboxylic acids is 1.